The molecule has 2 rings (SSSR count). The summed E-state index contributed by atoms with van der Waals surface area (Å²) in [6.45, 7) is 0. The Kier molecular flexibility index (Phi) is 2.97. The lowest BCUT2D eigenvalue weighted by molar-refractivity contribution is -0.115. The summed E-state index contributed by atoms with van der Waals surface area (Å²) in [6, 6.07) is -0.972. The molecule has 0 radical (unpaired) electrons. The van der Waals surface area contributed by atoms with E-state index < -0.39 is 52.3 Å². The summed E-state index contributed by atoms with van der Waals surface area (Å²) >= 11 is 0. The third-order valence-corrected chi connectivity index (χ3v) is 2.25. The number of urea groups is 1. The highest BCUT2D eigenvalue weighted by Crippen LogP contribution is 2.24. The monoisotopic (exact) mass is 278 g/mol. The Morgan fingerprint density at radius 3 is 1.63 bits per heavy atom. The SMILES string of the molecule is O=C1NC(=O)/C(=C/c2c(F)c(F)c(F)c(F)c2F)N1. The Labute approximate surface area is 101 Å². The van der Waals surface area contributed by atoms with Crippen LogP contribution >= 0.6 is 0 Å². The summed E-state index contributed by atoms with van der Waals surface area (Å²) in [7, 11) is 0. The van der Waals surface area contributed by atoms with E-state index in [0.717, 1.165) is 0 Å². The van der Waals surface area contributed by atoms with Crippen molar-refractivity contribution in [3.8, 4) is 0 Å². The van der Waals surface area contributed by atoms with E-state index in [1.807, 2.05) is 5.32 Å². The van der Waals surface area contributed by atoms with Gasteiger partial charge in [0.2, 0.25) is 5.82 Å². The molecule has 1 aliphatic heterocycles. The number of rotatable bonds is 1. The first-order valence-electron chi connectivity index (χ1n) is 4.68. The number of halogens is 5. The second kappa shape index (κ2) is 4.34. The largest absolute Gasteiger partial charge is 0.326 e. The predicted octanol–water partition coefficient (Wildman–Crippen LogP) is 1.56. The molecule has 0 unspecified atom stereocenters. The van der Waals surface area contributed by atoms with Crippen molar-refractivity contribution in [2.45, 2.75) is 0 Å². The minimum atomic E-state index is -2.31. The Morgan fingerprint density at radius 1 is 0.737 bits per heavy atom. The van der Waals surface area contributed by atoms with Gasteiger partial charge in [-0.3, -0.25) is 10.1 Å². The molecule has 0 aromatic heterocycles. The molecule has 1 aliphatic rings. The standard InChI is InChI=1S/C10H3F5N2O2/c11-4-2(1-3-9(18)17-10(19)16-3)5(12)7(14)8(15)6(4)13/h1H,(H2,16,17,18,19)/b3-1-. The van der Waals surface area contributed by atoms with Crippen LogP contribution in [0.3, 0.4) is 0 Å². The topological polar surface area (TPSA) is 58.2 Å². The zero-order valence-electron chi connectivity index (χ0n) is 8.78. The Morgan fingerprint density at radius 2 is 1.21 bits per heavy atom. The van der Waals surface area contributed by atoms with Crippen molar-refractivity contribution in [3.63, 3.8) is 0 Å². The van der Waals surface area contributed by atoms with Crippen LogP contribution in [0.2, 0.25) is 0 Å². The van der Waals surface area contributed by atoms with Crippen LogP contribution in [0.15, 0.2) is 5.70 Å². The van der Waals surface area contributed by atoms with Gasteiger partial charge >= 0.3 is 6.03 Å². The van der Waals surface area contributed by atoms with E-state index in [-0.39, 0.29) is 0 Å². The van der Waals surface area contributed by atoms with Gasteiger partial charge in [-0.2, -0.15) is 0 Å². The van der Waals surface area contributed by atoms with E-state index in [9.17, 15) is 31.5 Å². The first-order valence-corrected chi connectivity index (χ1v) is 4.68. The Hall–Kier alpha value is -2.45. The number of carbonyl (C=O) groups excluding carboxylic acids is 2. The van der Waals surface area contributed by atoms with Gasteiger partial charge in [-0.15, -0.1) is 0 Å². The summed E-state index contributed by atoms with van der Waals surface area (Å²) in [5.74, 6) is -11.8. The van der Waals surface area contributed by atoms with Crippen LogP contribution in [0.1, 0.15) is 5.56 Å². The normalized spacial score (nSPS) is 16.8. The van der Waals surface area contributed by atoms with Crippen LogP contribution in [0.5, 0.6) is 0 Å². The zero-order chi connectivity index (χ0) is 14.3. The first kappa shape index (κ1) is 13.0. The number of hydrogen-bond acceptors (Lipinski definition) is 2. The van der Waals surface area contributed by atoms with Crippen LogP contribution in [-0.4, -0.2) is 11.9 Å². The van der Waals surface area contributed by atoms with Crippen LogP contribution in [0.4, 0.5) is 26.7 Å². The highest BCUT2D eigenvalue weighted by atomic mass is 19.2. The smallest absolute Gasteiger partial charge is 0.303 e. The van der Waals surface area contributed by atoms with Crippen molar-refractivity contribution in [3.05, 3.63) is 40.3 Å². The van der Waals surface area contributed by atoms with Gasteiger partial charge in [0, 0.05) is 0 Å². The number of benzene rings is 1. The summed E-state index contributed by atoms with van der Waals surface area (Å²) in [6.07, 6.45) is 0.358. The molecular weight excluding hydrogens is 275 g/mol. The second-order valence-electron chi connectivity index (χ2n) is 3.45. The second-order valence-corrected chi connectivity index (χ2v) is 3.45. The minimum Gasteiger partial charge on any atom is -0.303 e. The summed E-state index contributed by atoms with van der Waals surface area (Å²) < 4.78 is 65.0. The van der Waals surface area contributed by atoms with Crippen molar-refractivity contribution >= 4 is 18.0 Å². The Balaban J connectivity index is 2.62. The Bertz CT molecular complexity index is 612. The molecule has 3 amide bonds. The molecular formula is C10H3F5N2O2. The molecule has 1 aromatic rings. The molecule has 1 fully saturated rings. The first-order chi connectivity index (χ1) is 8.82. The lowest BCUT2D eigenvalue weighted by atomic mass is 10.1. The number of amides is 3. The van der Waals surface area contributed by atoms with Gasteiger partial charge in [-0.05, 0) is 6.08 Å². The van der Waals surface area contributed by atoms with Gasteiger partial charge < -0.3 is 5.32 Å². The third kappa shape index (κ3) is 2.02. The maximum Gasteiger partial charge on any atom is 0.326 e. The van der Waals surface area contributed by atoms with E-state index in [0.29, 0.717) is 6.08 Å². The molecule has 0 aliphatic carbocycles. The molecule has 0 atom stereocenters. The number of hydrogen-bond donors (Lipinski definition) is 2. The predicted molar refractivity (Wildman–Crippen MR) is 50.9 cm³/mol. The van der Waals surface area contributed by atoms with E-state index in [4.69, 9.17) is 0 Å². The van der Waals surface area contributed by atoms with Gasteiger partial charge in [-0.1, -0.05) is 0 Å². The fraction of sp³-hybridized carbons (Fsp3) is 0. The molecule has 0 saturated carbocycles. The molecule has 100 valence electrons. The minimum absolute atomic E-state index is 0.358. The number of nitrogens with one attached hydrogen (secondary N) is 2. The molecule has 19 heavy (non-hydrogen) atoms. The highest BCUT2D eigenvalue weighted by molar-refractivity contribution is 6.14. The molecule has 0 spiro atoms. The van der Waals surface area contributed by atoms with Crippen molar-refractivity contribution in [1.29, 1.82) is 0 Å². The molecule has 0 bridgehead atoms. The van der Waals surface area contributed by atoms with Gasteiger partial charge in [0.05, 0.1) is 5.56 Å². The van der Waals surface area contributed by atoms with Gasteiger partial charge in [0.25, 0.3) is 5.91 Å². The van der Waals surface area contributed by atoms with Crippen LogP contribution in [0.25, 0.3) is 6.08 Å². The maximum absolute atomic E-state index is 13.3. The lowest BCUT2D eigenvalue weighted by Gasteiger charge is -2.04. The van der Waals surface area contributed by atoms with Crippen LogP contribution in [0, 0.1) is 29.1 Å². The van der Waals surface area contributed by atoms with Gasteiger partial charge in [-0.25, -0.2) is 26.7 Å². The number of imide groups is 1. The molecule has 1 aromatic carbocycles. The lowest BCUT2D eigenvalue weighted by Crippen LogP contribution is -2.22. The zero-order valence-corrected chi connectivity index (χ0v) is 8.78. The molecule has 1 saturated heterocycles. The molecule has 2 N–H and O–H groups in total. The summed E-state index contributed by atoms with van der Waals surface area (Å²) in [4.78, 5) is 21.8. The quantitative estimate of drug-likeness (QED) is 0.269. The van der Waals surface area contributed by atoms with Crippen molar-refractivity contribution in [2.75, 3.05) is 0 Å². The fourth-order valence-corrected chi connectivity index (χ4v) is 1.38. The van der Waals surface area contributed by atoms with Crippen LogP contribution < -0.4 is 10.6 Å². The van der Waals surface area contributed by atoms with E-state index in [2.05, 4.69) is 0 Å². The van der Waals surface area contributed by atoms with Gasteiger partial charge in [0.1, 0.15) is 5.70 Å². The molecule has 4 nitrogen and oxygen atoms in total. The van der Waals surface area contributed by atoms with E-state index in [1.54, 1.807) is 5.32 Å². The average molecular weight is 278 g/mol. The molecule has 9 heteroatoms. The van der Waals surface area contributed by atoms with Crippen molar-refractivity contribution in [1.82, 2.24) is 10.6 Å². The summed E-state index contributed by atoms with van der Waals surface area (Å²) in [5, 5.41) is 3.55. The summed E-state index contributed by atoms with van der Waals surface area (Å²) in [5.41, 5.74) is -1.95. The fourth-order valence-electron chi connectivity index (χ4n) is 1.38. The molecule has 1 heterocycles. The number of carbonyl (C=O) groups is 2. The van der Waals surface area contributed by atoms with E-state index in [1.165, 1.54) is 0 Å². The third-order valence-electron chi connectivity index (χ3n) is 2.25. The van der Waals surface area contributed by atoms with Gasteiger partial charge in [0.15, 0.2) is 23.3 Å². The maximum atomic E-state index is 13.3. The highest BCUT2D eigenvalue weighted by Gasteiger charge is 2.28. The van der Waals surface area contributed by atoms with Crippen molar-refractivity contribution < 1.29 is 31.5 Å². The van der Waals surface area contributed by atoms with E-state index >= 15 is 0 Å². The van der Waals surface area contributed by atoms with Crippen LogP contribution in [-0.2, 0) is 4.79 Å². The van der Waals surface area contributed by atoms with Crippen molar-refractivity contribution in [2.24, 2.45) is 0 Å². The average Bonchev–Trinajstić information content (AvgIpc) is 2.68.